The third-order valence-corrected chi connectivity index (χ3v) is 2.29. The van der Waals surface area contributed by atoms with Crippen LogP contribution in [0, 0.1) is 0 Å². The Bertz CT molecular complexity index is 218. The van der Waals surface area contributed by atoms with E-state index in [2.05, 4.69) is 10.2 Å². The van der Waals surface area contributed by atoms with E-state index in [9.17, 15) is 0 Å². The molecule has 1 rings (SSSR count). The largest absolute Gasteiger partial charge is 0.330 e. The Morgan fingerprint density at radius 2 is 2.23 bits per heavy atom. The lowest BCUT2D eigenvalue weighted by Crippen LogP contribution is -2.02. The van der Waals surface area contributed by atoms with Gasteiger partial charge in [0.15, 0.2) is 0 Å². The maximum Gasteiger partial charge on any atom is 0.142 e. The van der Waals surface area contributed by atoms with Gasteiger partial charge in [-0.15, -0.1) is 44.2 Å². The van der Waals surface area contributed by atoms with Crippen molar-refractivity contribution in [3.8, 4) is 0 Å². The molecule has 4 nitrogen and oxygen atoms in total. The predicted octanol–water partition coefficient (Wildman–Crippen LogP) is 1.16. The number of nitrogens with zero attached hydrogens (tertiary/aromatic N) is 3. The van der Waals surface area contributed by atoms with E-state index in [-0.39, 0.29) is 34.0 Å². The minimum atomic E-state index is 0. The van der Waals surface area contributed by atoms with Crippen molar-refractivity contribution in [1.29, 1.82) is 0 Å². The highest BCUT2D eigenvalue weighted by Crippen LogP contribution is 2.06. The van der Waals surface area contributed by atoms with E-state index in [1.54, 1.807) is 18.1 Å². The standard InChI is InChI=1S/C6H12N4S.2BrH/c1-10-5-8-9-6(10)4-11-3-2-7;;/h5H,2-4,7H2,1H3;2*1H. The molecule has 1 aromatic rings. The summed E-state index contributed by atoms with van der Waals surface area (Å²) in [5.41, 5.74) is 5.34. The molecule has 0 atom stereocenters. The van der Waals surface area contributed by atoms with Crippen LogP contribution < -0.4 is 5.73 Å². The van der Waals surface area contributed by atoms with Crippen molar-refractivity contribution in [3.63, 3.8) is 0 Å². The first kappa shape index (κ1) is 15.9. The first-order chi connectivity index (χ1) is 5.34. The molecule has 0 bridgehead atoms. The molecule has 78 valence electrons. The minimum Gasteiger partial charge on any atom is -0.330 e. The molecule has 0 spiro atoms. The van der Waals surface area contributed by atoms with Gasteiger partial charge < -0.3 is 10.3 Å². The van der Waals surface area contributed by atoms with E-state index in [4.69, 9.17) is 5.73 Å². The topological polar surface area (TPSA) is 56.7 Å². The average molecular weight is 334 g/mol. The van der Waals surface area contributed by atoms with Crippen LogP contribution in [0.2, 0.25) is 0 Å². The fourth-order valence-corrected chi connectivity index (χ4v) is 1.44. The Balaban J connectivity index is 0. The number of thioether (sulfide) groups is 1. The minimum absolute atomic E-state index is 0. The van der Waals surface area contributed by atoms with Crippen LogP contribution in [0.25, 0.3) is 0 Å². The van der Waals surface area contributed by atoms with E-state index in [0.717, 1.165) is 23.9 Å². The Labute approximate surface area is 103 Å². The summed E-state index contributed by atoms with van der Waals surface area (Å²) in [7, 11) is 1.94. The van der Waals surface area contributed by atoms with Crippen LogP contribution in [0.1, 0.15) is 5.82 Å². The molecular weight excluding hydrogens is 320 g/mol. The van der Waals surface area contributed by atoms with Gasteiger partial charge in [-0.3, -0.25) is 0 Å². The fraction of sp³-hybridized carbons (Fsp3) is 0.667. The van der Waals surface area contributed by atoms with Gasteiger partial charge in [0.1, 0.15) is 12.2 Å². The second-order valence-corrected chi connectivity index (χ2v) is 3.30. The van der Waals surface area contributed by atoms with Crippen LogP contribution in [0.4, 0.5) is 0 Å². The molecule has 0 aliphatic heterocycles. The number of aromatic nitrogens is 3. The molecule has 0 amide bonds. The van der Waals surface area contributed by atoms with Crippen LogP contribution in [0.15, 0.2) is 6.33 Å². The SMILES string of the molecule is Br.Br.Cn1cnnc1CSCCN. The highest BCUT2D eigenvalue weighted by molar-refractivity contribution is 8.93. The number of rotatable bonds is 4. The zero-order valence-corrected chi connectivity index (χ0v) is 11.6. The Morgan fingerprint density at radius 1 is 1.54 bits per heavy atom. The van der Waals surface area contributed by atoms with Crippen molar-refractivity contribution in [1.82, 2.24) is 14.8 Å². The molecule has 0 aliphatic rings. The molecule has 1 heterocycles. The van der Waals surface area contributed by atoms with E-state index >= 15 is 0 Å². The molecule has 2 N–H and O–H groups in total. The zero-order chi connectivity index (χ0) is 8.10. The number of aryl methyl sites for hydroxylation is 1. The molecular formula is C6H14Br2N4S. The highest BCUT2D eigenvalue weighted by Gasteiger charge is 1.98. The summed E-state index contributed by atoms with van der Waals surface area (Å²) in [5.74, 6) is 2.88. The molecule has 0 aromatic carbocycles. The summed E-state index contributed by atoms with van der Waals surface area (Å²) in [6, 6.07) is 0. The van der Waals surface area contributed by atoms with Gasteiger partial charge in [-0.25, -0.2) is 0 Å². The van der Waals surface area contributed by atoms with Gasteiger partial charge in [0.2, 0.25) is 0 Å². The monoisotopic (exact) mass is 332 g/mol. The van der Waals surface area contributed by atoms with E-state index in [1.165, 1.54) is 0 Å². The van der Waals surface area contributed by atoms with Gasteiger partial charge in [0.05, 0.1) is 5.75 Å². The molecule has 0 fully saturated rings. The lowest BCUT2D eigenvalue weighted by molar-refractivity contribution is 0.849. The second-order valence-electron chi connectivity index (χ2n) is 2.20. The maximum atomic E-state index is 5.34. The van der Waals surface area contributed by atoms with E-state index in [1.807, 2.05) is 11.6 Å². The summed E-state index contributed by atoms with van der Waals surface area (Å²) < 4.78 is 1.92. The first-order valence-corrected chi connectivity index (χ1v) is 4.60. The van der Waals surface area contributed by atoms with Crippen molar-refractivity contribution < 1.29 is 0 Å². The summed E-state index contributed by atoms with van der Waals surface area (Å²) in [6.07, 6.45) is 1.71. The molecule has 13 heavy (non-hydrogen) atoms. The number of nitrogens with two attached hydrogens (primary N) is 1. The normalized spacial score (nSPS) is 8.77. The maximum absolute atomic E-state index is 5.34. The van der Waals surface area contributed by atoms with Crippen molar-refractivity contribution in [2.75, 3.05) is 12.3 Å². The Morgan fingerprint density at radius 3 is 2.69 bits per heavy atom. The van der Waals surface area contributed by atoms with Crippen molar-refractivity contribution >= 4 is 45.7 Å². The third kappa shape index (κ3) is 5.66. The van der Waals surface area contributed by atoms with Gasteiger partial charge in [0, 0.05) is 19.3 Å². The summed E-state index contributed by atoms with van der Waals surface area (Å²) >= 11 is 1.78. The number of hydrogen-bond acceptors (Lipinski definition) is 4. The fourth-order valence-electron chi connectivity index (χ4n) is 0.685. The zero-order valence-electron chi connectivity index (χ0n) is 7.34. The lowest BCUT2D eigenvalue weighted by atomic mass is 10.7. The molecule has 0 aliphatic carbocycles. The molecule has 0 unspecified atom stereocenters. The van der Waals surface area contributed by atoms with Gasteiger partial charge in [-0.05, 0) is 0 Å². The third-order valence-electron chi connectivity index (χ3n) is 1.30. The number of hydrogen-bond donors (Lipinski definition) is 1. The van der Waals surface area contributed by atoms with Gasteiger partial charge in [-0.2, -0.15) is 11.8 Å². The average Bonchev–Trinajstić information content (AvgIpc) is 2.37. The van der Waals surface area contributed by atoms with Crippen molar-refractivity contribution in [3.05, 3.63) is 12.2 Å². The van der Waals surface area contributed by atoms with Crippen molar-refractivity contribution in [2.45, 2.75) is 5.75 Å². The molecule has 0 saturated heterocycles. The molecule has 7 heteroatoms. The van der Waals surface area contributed by atoms with Gasteiger partial charge in [0.25, 0.3) is 0 Å². The molecule has 1 aromatic heterocycles. The first-order valence-electron chi connectivity index (χ1n) is 3.45. The summed E-state index contributed by atoms with van der Waals surface area (Å²) in [5, 5.41) is 7.71. The van der Waals surface area contributed by atoms with E-state index in [0.29, 0.717) is 0 Å². The lowest BCUT2D eigenvalue weighted by Gasteiger charge is -1.97. The molecule has 0 radical (unpaired) electrons. The second kappa shape index (κ2) is 8.98. The van der Waals surface area contributed by atoms with Crippen LogP contribution in [0.3, 0.4) is 0 Å². The quantitative estimate of drug-likeness (QED) is 0.840. The van der Waals surface area contributed by atoms with Crippen LogP contribution in [-0.2, 0) is 12.8 Å². The Hall–Kier alpha value is 0.410. The predicted molar refractivity (Wildman–Crippen MR) is 66.9 cm³/mol. The highest BCUT2D eigenvalue weighted by atomic mass is 79.9. The molecule has 0 saturated carbocycles. The summed E-state index contributed by atoms with van der Waals surface area (Å²) in [4.78, 5) is 0. The Kier molecular flexibility index (Phi) is 11.0. The smallest absolute Gasteiger partial charge is 0.142 e. The number of halogens is 2. The summed E-state index contributed by atoms with van der Waals surface area (Å²) in [6.45, 7) is 0.725. The van der Waals surface area contributed by atoms with Crippen molar-refractivity contribution in [2.24, 2.45) is 12.8 Å². The van der Waals surface area contributed by atoms with Crippen LogP contribution in [-0.4, -0.2) is 27.1 Å². The van der Waals surface area contributed by atoms with E-state index < -0.39 is 0 Å². The van der Waals surface area contributed by atoms with Gasteiger partial charge in [-0.1, -0.05) is 0 Å². The van der Waals surface area contributed by atoms with Gasteiger partial charge >= 0.3 is 0 Å². The van der Waals surface area contributed by atoms with Crippen LogP contribution in [0.5, 0.6) is 0 Å². The van der Waals surface area contributed by atoms with Crippen LogP contribution >= 0.6 is 45.7 Å².